The van der Waals surface area contributed by atoms with Crippen LogP contribution in [0.2, 0.25) is 0 Å². The van der Waals surface area contributed by atoms with E-state index in [1.807, 2.05) is 0 Å². The maximum Gasteiger partial charge on any atom is 0.225 e. The van der Waals surface area contributed by atoms with Gasteiger partial charge in [0.1, 0.15) is 11.6 Å². The third-order valence-corrected chi connectivity index (χ3v) is 2.40. The number of nitrogens with zero attached hydrogens (tertiary/aromatic N) is 1. The van der Waals surface area contributed by atoms with Crippen LogP contribution in [0.1, 0.15) is 23.7 Å². The van der Waals surface area contributed by atoms with Crippen LogP contribution in [-0.4, -0.2) is 37.3 Å². The van der Waals surface area contributed by atoms with E-state index < -0.39 is 5.82 Å². The first kappa shape index (κ1) is 14.2. The molecule has 4 nitrogen and oxygen atoms in total. The average molecular weight is 253 g/mol. The number of hydrogen-bond acceptors (Lipinski definition) is 3. The van der Waals surface area contributed by atoms with Crippen molar-refractivity contribution >= 4 is 11.7 Å². The summed E-state index contributed by atoms with van der Waals surface area (Å²) in [4.78, 5) is 23.8. The van der Waals surface area contributed by atoms with Gasteiger partial charge in [-0.1, -0.05) is 0 Å². The molecule has 1 aromatic carbocycles. The minimum absolute atomic E-state index is 0.0340. The van der Waals surface area contributed by atoms with Gasteiger partial charge in [-0.3, -0.25) is 9.59 Å². The van der Waals surface area contributed by atoms with Gasteiger partial charge in [-0.25, -0.2) is 4.39 Å². The van der Waals surface area contributed by atoms with Crippen LogP contribution in [0.5, 0.6) is 5.75 Å². The molecular weight excluding hydrogens is 237 g/mol. The average Bonchev–Trinajstić information content (AvgIpc) is 2.28. The number of benzene rings is 1. The van der Waals surface area contributed by atoms with Crippen LogP contribution in [-0.2, 0) is 4.79 Å². The van der Waals surface area contributed by atoms with Gasteiger partial charge in [-0.05, 0) is 19.1 Å². The van der Waals surface area contributed by atoms with E-state index in [1.165, 1.54) is 24.0 Å². The highest BCUT2D eigenvalue weighted by Crippen LogP contribution is 2.17. The van der Waals surface area contributed by atoms with Gasteiger partial charge in [-0.2, -0.15) is 0 Å². The fourth-order valence-corrected chi connectivity index (χ4v) is 1.35. The summed E-state index contributed by atoms with van der Waals surface area (Å²) in [7, 11) is 3.31. The van der Waals surface area contributed by atoms with Crippen molar-refractivity contribution in [3.63, 3.8) is 0 Å². The molecule has 0 radical (unpaired) electrons. The molecule has 5 heteroatoms. The second kappa shape index (κ2) is 6.14. The summed E-state index contributed by atoms with van der Waals surface area (Å²) in [5.41, 5.74) is 0.0340. The predicted molar refractivity (Wildman–Crippen MR) is 65.2 cm³/mol. The normalized spacial score (nSPS) is 10.0. The van der Waals surface area contributed by atoms with Crippen LogP contribution in [0.25, 0.3) is 0 Å². The molecule has 98 valence electrons. The van der Waals surface area contributed by atoms with Crippen molar-refractivity contribution in [2.24, 2.45) is 0 Å². The van der Waals surface area contributed by atoms with Gasteiger partial charge in [0.15, 0.2) is 5.78 Å². The molecule has 0 spiro atoms. The molecule has 0 unspecified atom stereocenters. The Morgan fingerprint density at radius 2 is 2.00 bits per heavy atom. The number of halogens is 1. The zero-order valence-electron chi connectivity index (χ0n) is 10.7. The molecule has 18 heavy (non-hydrogen) atoms. The molecule has 0 aliphatic carbocycles. The van der Waals surface area contributed by atoms with Crippen molar-refractivity contribution in [3.05, 3.63) is 29.6 Å². The lowest BCUT2D eigenvalue weighted by atomic mass is 10.1. The SMILES string of the molecule is CC(=O)c1ccc(OCCC(=O)N(C)C)cc1F. The largest absolute Gasteiger partial charge is 0.493 e. The molecule has 0 aliphatic heterocycles. The fourth-order valence-electron chi connectivity index (χ4n) is 1.35. The van der Waals surface area contributed by atoms with E-state index >= 15 is 0 Å². The third-order valence-electron chi connectivity index (χ3n) is 2.40. The molecular formula is C13H16FNO3. The lowest BCUT2D eigenvalue weighted by molar-refractivity contribution is -0.129. The Balaban J connectivity index is 2.57. The van der Waals surface area contributed by atoms with Crippen molar-refractivity contribution in [2.45, 2.75) is 13.3 Å². The first-order valence-electron chi connectivity index (χ1n) is 5.55. The molecule has 0 atom stereocenters. The van der Waals surface area contributed by atoms with Gasteiger partial charge in [0.25, 0.3) is 0 Å². The Labute approximate surface area is 105 Å². The van der Waals surface area contributed by atoms with Gasteiger partial charge in [0, 0.05) is 20.2 Å². The maximum atomic E-state index is 13.4. The summed E-state index contributed by atoms with van der Waals surface area (Å²) >= 11 is 0. The molecule has 0 saturated carbocycles. The van der Waals surface area contributed by atoms with Crippen LogP contribution < -0.4 is 4.74 Å². The van der Waals surface area contributed by atoms with E-state index in [-0.39, 0.29) is 30.3 Å². The Morgan fingerprint density at radius 3 is 2.50 bits per heavy atom. The Morgan fingerprint density at radius 1 is 1.33 bits per heavy atom. The van der Waals surface area contributed by atoms with E-state index in [4.69, 9.17) is 4.74 Å². The molecule has 0 heterocycles. The van der Waals surface area contributed by atoms with Crippen molar-refractivity contribution in [2.75, 3.05) is 20.7 Å². The van der Waals surface area contributed by atoms with Crippen LogP contribution in [0.15, 0.2) is 18.2 Å². The summed E-state index contributed by atoms with van der Waals surface area (Å²) in [6.45, 7) is 1.48. The highest BCUT2D eigenvalue weighted by molar-refractivity contribution is 5.94. The van der Waals surface area contributed by atoms with Crippen molar-refractivity contribution in [1.82, 2.24) is 4.90 Å². The second-order valence-electron chi connectivity index (χ2n) is 4.08. The predicted octanol–water partition coefficient (Wildman–Crippen LogP) is 1.89. The topological polar surface area (TPSA) is 46.6 Å². The number of hydrogen-bond donors (Lipinski definition) is 0. The van der Waals surface area contributed by atoms with E-state index in [9.17, 15) is 14.0 Å². The number of carbonyl (C=O) groups is 2. The van der Waals surface area contributed by atoms with Gasteiger partial charge in [-0.15, -0.1) is 0 Å². The van der Waals surface area contributed by atoms with Gasteiger partial charge >= 0.3 is 0 Å². The summed E-state index contributed by atoms with van der Waals surface area (Å²) < 4.78 is 18.7. The minimum Gasteiger partial charge on any atom is -0.493 e. The number of carbonyl (C=O) groups excluding carboxylic acids is 2. The van der Waals surface area contributed by atoms with E-state index in [2.05, 4.69) is 0 Å². The fraction of sp³-hybridized carbons (Fsp3) is 0.385. The van der Waals surface area contributed by atoms with Crippen LogP contribution in [0.4, 0.5) is 4.39 Å². The summed E-state index contributed by atoms with van der Waals surface area (Å²) in [6.07, 6.45) is 0.225. The van der Waals surface area contributed by atoms with Crippen molar-refractivity contribution in [1.29, 1.82) is 0 Å². The smallest absolute Gasteiger partial charge is 0.225 e. The quantitative estimate of drug-likeness (QED) is 0.753. The zero-order chi connectivity index (χ0) is 13.7. The van der Waals surface area contributed by atoms with E-state index in [1.54, 1.807) is 14.1 Å². The van der Waals surface area contributed by atoms with Gasteiger partial charge in [0.2, 0.25) is 5.91 Å². The highest BCUT2D eigenvalue weighted by atomic mass is 19.1. The monoisotopic (exact) mass is 253 g/mol. The summed E-state index contributed by atoms with van der Waals surface area (Å²) in [5.74, 6) is -0.694. The molecule has 0 aromatic heterocycles. The number of amides is 1. The Bertz CT molecular complexity index is 458. The Kier molecular flexibility index (Phi) is 4.83. The third kappa shape index (κ3) is 3.84. The second-order valence-corrected chi connectivity index (χ2v) is 4.08. The molecule has 1 rings (SSSR count). The molecule has 1 aromatic rings. The standard InChI is InChI=1S/C13H16FNO3/c1-9(16)11-5-4-10(8-12(11)14)18-7-6-13(17)15(2)3/h4-5,8H,6-7H2,1-3H3. The summed E-state index contributed by atoms with van der Waals surface area (Å²) in [5, 5.41) is 0. The van der Waals surface area contributed by atoms with Gasteiger partial charge in [0.05, 0.1) is 18.6 Å². The molecule has 0 aliphatic rings. The first-order chi connectivity index (χ1) is 8.41. The van der Waals surface area contributed by atoms with Crippen LogP contribution in [0.3, 0.4) is 0 Å². The number of ether oxygens (including phenoxy) is 1. The first-order valence-corrected chi connectivity index (χ1v) is 5.55. The van der Waals surface area contributed by atoms with E-state index in [0.29, 0.717) is 5.75 Å². The van der Waals surface area contributed by atoms with Crippen molar-refractivity contribution < 1.29 is 18.7 Å². The molecule has 0 saturated heterocycles. The van der Waals surface area contributed by atoms with Gasteiger partial charge < -0.3 is 9.64 Å². The lowest BCUT2D eigenvalue weighted by Crippen LogP contribution is -2.23. The molecule has 0 N–H and O–H groups in total. The number of ketones is 1. The van der Waals surface area contributed by atoms with Crippen LogP contribution in [0, 0.1) is 5.82 Å². The Hall–Kier alpha value is -1.91. The maximum absolute atomic E-state index is 13.4. The highest BCUT2D eigenvalue weighted by Gasteiger charge is 2.09. The zero-order valence-corrected chi connectivity index (χ0v) is 10.7. The molecule has 0 fully saturated rings. The van der Waals surface area contributed by atoms with Crippen molar-refractivity contribution in [3.8, 4) is 5.75 Å². The number of rotatable bonds is 5. The molecule has 0 bridgehead atoms. The molecule has 1 amide bonds. The minimum atomic E-state index is -0.612. The lowest BCUT2D eigenvalue weighted by Gasteiger charge is -2.11. The van der Waals surface area contributed by atoms with Crippen LogP contribution >= 0.6 is 0 Å². The summed E-state index contributed by atoms with van der Waals surface area (Å²) in [6, 6.07) is 4.04. The number of Topliss-reactive ketones (excluding diaryl/α,β-unsaturated/α-hetero) is 1. The van der Waals surface area contributed by atoms with E-state index in [0.717, 1.165) is 6.07 Å².